The number of ether oxygens (including phenoxy) is 1. The zero-order valence-electron chi connectivity index (χ0n) is 14.4. The summed E-state index contributed by atoms with van der Waals surface area (Å²) in [5, 5.41) is 23.2. The molecule has 136 valence electrons. The maximum absolute atomic E-state index is 12.8. The van der Waals surface area contributed by atoms with E-state index in [0.29, 0.717) is 25.9 Å². The van der Waals surface area contributed by atoms with Crippen LogP contribution in [0, 0.1) is 11.8 Å². The van der Waals surface area contributed by atoms with Crippen LogP contribution in [0.2, 0.25) is 0 Å². The number of carbonyl (C=O) groups excluding carboxylic acids is 2. The van der Waals surface area contributed by atoms with Gasteiger partial charge < -0.3 is 25.2 Å². The molecule has 0 aromatic heterocycles. The number of rotatable bonds is 3. The van der Waals surface area contributed by atoms with Crippen LogP contribution >= 0.6 is 0 Å². The van der Waals surface area contributed by atoms with Gasteiger partial charge in [0.05, 0.1) is 24.8 Å². The van der Waals surface area contributed by atoms with Crippen molar-refractivity contribution >= 4 is 11.8 Å². The lowest BCUT2D eigenvalue weighted by Crippen LogP contribution is -2.48. The van der Waals surface area contributed by atoms with Crippen LogP contribution in [0.15, 0.2) is 18.2 Å². The maximum atomic E-state index is 12.8. The largest absolute Gasteiger partial charge is 0.504 e. The minimum atomic E-state index is -0.592. The van der Waals surface area contributed by atoms with E-state index in [-0.39, 0.29) is 46.8 Å². The van der Waals surface area contributed by atoms with Crippen molar-refractivity contribution in [3.8, 4) is 11.5 Å². The molecule has 0 bridgehead atoms. The van der Waals surface area contributed by atoms with Crippen molar-refractivity contribution in [2.75, 3.05) is 20.2 Å². The van der Waals surface area contributed by atoms with E-state index in [4.69, 9.17) is 4.74 Å². The summed E-state index contributed by atoms with van der Waals surface area (Å²) >= 11 is 0. The molecule has 2 fully saturated rings. The number of para-hydroxylation sites is 1. The summed E-state index contributed by atoms with van der Waals surface area (Å²) in [5.41, 5.74) is 0.219. The van der Waals surface area contributed by atoms with Gasteiger partial charge in [-0.3, -0.25) is 9.59 Å². The van der Waals surface area contributed by atoms with Crippen molar-refractivity contribution < 1.29 is 24.5 Å². The quantitative estimate of drug-likeness (QED) is 0.749. The Hall–Kier alpha value is -2.28. The highest BCUT2D eigenvalue weighted by molar-refractivity contribution is 5.97. The number of likely N-dealkylation sites (tertiary alicyclic amines) is 1. The smallest absolute Gasteiger partial charge is 0.257 e. The van der Waals surface area contributed by atoms with E-state index in [1.807, 2.05) is 0 Å². The summed E-state index contributed by atoms with van der Waals surface area (Å²) in [6.07, 6.45) is 0.619. The Labute approximate surface area is 146 Å². The van der Waals surface area contributed by atoms with Crippen molar-refractivity contribution in [1.29, 1.82) is 0 Å². The Kier molecular flexibility index (Phi) is 4.85. The molecule has 1 aromatic carbocycles. The lowest BCUT2D eigenvalue weighted by atomic mass is 9.77. The SMILES string of the molecule is COc1cccc(C(=O)N2C[C@H]3C[C@@H](NC(C)=O)[C@H](O)C[C@H]3C2)c1O. The number of phenols is 1. The van der Waals surface area contributed by atoms with Crippen LogP contribution in [0.25, 0.3) is 0 Å². The number of amides is 2. The summed E-state index contributed by atoms with van der Waals surface area (Å²) in [5.74, 6) is 0.157. The average molecular weight is 348 g/mol. The van der Waals surface area contributed by atoms with Crippen molar-refractivity contribution in [2.24, 2.45) is 11.8 Å². The number of phenolic OH excluding ortho intramolecular Hbond substituents is 1. The van der Waals surface area contributed by atoms with Crippen molar-refractivity contribution in [2.45, 2.75) is 31.9 Å². The highest BCUT2D eigenvalue weighted by atomic mass is 16.5. The molecule has 0 spiro atoms. The van der Waals surface area contributed by atoms with Gasteiger partial charge in [0.2, 0.25) is 5.91 Å². The fourth-order valence-electron chi connectivity index (χ4n) is 4.04. The van der Waals surface area contributed by atoms with Gasteiger partial charge in [-0.2, -0.15) is 0 Å². The topological polar surface area (TPSA) is 99.1 Å². The number of nitrogens with zero attached hydrogens (tertiary/aromatic N) is 1. The second-order valence-corrected chi connectivity index (χ2v) is 6.93. The summed E-state index contributed by atoms with van der Waals surface area (Å²) in [4.78, 5) is 25.8. The summed E-state index contributed by atoms with van der Waals surface area (Å²) in [6.45, 7) is 2.54. The highest BCUT2D eigenvalue weighted by Gasteiger charge is 2.43. The van der Waals surface area contributed by atoms with E-state index < -0.39 is 6.10 Å². The van der Waals surface area contributed by atoms with Gasteiger partial charge in [0, 0.05) is 20.0 Å². The number of methoxy groups -OCH3 is 1. The van der Waals surface area contributed by atoms with E-state index in [1.54, 1.807) is 23.1 Å². The van der Waals surface area contributed by atoms with Crippen LogP contribution in [-0.2, 0) is 4.79 Å². The van der Waals surface area contributed by atoms with Gasteiger partial charge in [0.1, 0.15) is 0 Å². The molecule has 3 N–H and O–H groups in total. The van der Waals surface area contributed by atoms with Crippen LogP contribution in [0.5, 0.6) is 11.5 Å². The molecule has 7 heteroatoms. The summed E-state index contributed by atoms with van der Waals surface area (Å²) in [7, 11) is 1.44. The van der Waals surface area contributed by atoms with E-state index >= 15 is 0 Å². The van der Waals surface area contributed by atoms with E-state index in [1.165, 1.54) is 14.0 Å². The lowest BCUT2D eigenvalue weighted by Gasteiger charge is -2.35. The molecule has 4 atom stereocenters. The van der Waals surface area contributed by atoms with Gasteiger partial charge >= 0.3 is 0 Å². The average Bonchev–Trinajstić information content (AvgIpc) is 2.97. The molecule has 3 rings (SSSR count). The maximum Gasteiger partial charge on any atom is 0.257 e. The minimum absolute atomic E-state index is 0.152. The van der Waals surface area contributed by atoms with Gasteiger partial charge in [-0.1, -0.05) is 6.07 Å². The second kappa shape index (κ2) is 6.92. The number of hydrogen-bond acceptors (Lipinski definition) is 5. The number of carbonyl (C=O) groups is 2. The molecule has 1 saturated carbocycles. The fraction of sp³-hybridized carbons (Fsp3) is 0.556. The van der Waals surface area contributed by atoms with Gasteiger partial charge in [-0.25, -0.2) is 0 Å². The first-order chi connectivity index (χ1) is 11.9. The number of hydrogen-bond donors (Lipinski definition) is 3. The van der Waals surface area contributed by atoms with Crippen molar-refractivity contribution in [1.82, 2.24) is 10.2 Å². The molecule has 1 saturated heterocycles. The number of aromatic hydroxyl groups is 1. The van der Waals surface area contributed by atoms with Gasteiger partial charge in [0.25, 0.3) is 5.91 Å². The van der Waals surface area contributed by atoms with Crippen LogP contribution in [0.4, 0.5) is 0 Å². The normalized spacial score (nSPS) is 28.4. The predicted octanol–water partition coefficient (Wildman–Crippen LogP) is 0.748. The standard InChI is InChI=1S/C18H24N2O5/c1-10(21)19-14-6-11-8-20(9-12(11)7-15(14)22)18(24)13-4-3-5-16(25-2)17(13)23/h3-5,11-12,14-15,22-23H,6-9H2,1-2H3,(H,19,21)/t11-,12+,14-,15-/m1/s1. The van der Waals surface area contributed by atoms with Crippen molar-refractivity contribution in [3.05, 3.63) is 23.8 Å². The molecular formula is C18H24N2O5. The van der Waals surface area contributed by atoms with Crippen molar-refractivity contribution in [3.63, 3.8) is 0 Å². The van der Waals surface area contributed by atoms with E-state index in [2.05, 4.69) is 5.32 Å². The fourth-order valence-corrected chi connectivity index (χ4v) is 4.04. The Balaban J connectivity index is 1.72. The predicted molar refractivity (Wildman–Crippen MR) is 90.4 cm³/mol. The van der Waals surface area contributed by atoms with Crippen LogP contribution in [-0.4, -0.2) is 59.3 Å². The molecule has 0 radical (unpaired) electrons. The zero-order chi connectivity index (χ0) is 18.1. The Bertz CT molecular complexity index is 677. The molecule has 1 aromatic rings. The third-order valence-corrected chi connectivity index (χ3v) is 5.27. The minimum Gasteiger partial charge on any atom is -0.504 e. The third kappa shape index (κ3) is 3.42. The van der Waals surface area contributed by atoms with E-state index in [9.17, 15) is 19.8 Å². The zero-order valence-corrected chi connectivity index (χ0v) is 14.4. The van der Waals surface area contributed by atoms with Crippen LogP contribution < -0.4 is 10.1 Å². The van der Waals surface area contributed by atoms with Gasteiger partial charge in [-0.15, -0.1) is 0 Å². The Morgan fingerprint density at radius 2 is 1.92 bits per heavy atom. The second-order valence-electron chi connectivity index (χ2n) is 6.93. The first kappa shape index (κ1) is 17.5. The molecule has 7 nitrogen and oxygen atoms in total. The molecule has 25 heavy (non-hydrogen) atoms. The molecule has 1 heterocycles. The molecule has 1 aliphatic heterocycles. The van der Waals surface area contributed by atoms with Gasteiger partial charge in [0.15, 0.2) is 11.5 Å². The molecule has 0 unspecified atom stereocenters. The number of fused-ring (bicyclic) bond motifs is 1. The lowest BCUT2D eigenvalue weighted by molar-refractivity contribution is -0.121. The highest BCUT2D eigenvalue weighted by Crippen LogP contribution is 2.38. The van der Waals surface area contributed by atoms with Crippen LogP contribution in [0.3, 0.4) is 0 Å². The number of aliphatic hydroxyl groups excluding tert-OH is 1. The first-order valence-corrected chi connectivity index (χ1v) is 8.51. The number of nitrogens with one attached hydrogen (secondary N) is 1. The molecule has 2 amide bonds. The van der Waals surface area contributed by atoms with Crippen LogP contribution in [0.1, 0.15) is 30.1 Å². The summed E-state index contributed by atoms with van der Waals surface area (Å²) < 4.78 is 5.06. The first-order valence-electron chi connectivity index (χ1n) is 8.51. The van der Waals surface area contributed by atoms with Gasteiger partial charge in [-0.05, 0) is 36.8 Å². The molecule has 1 aliphatic carbocycles. The number of benzene rings is 1. The molecular weight excluding hydrogens is 324 g/mol. The van der Waals surface area contributed by atoms with E-state index in [0.717, 1.165) is 0 Å². The monoisotopic (exact) mass is 348 g/mol. The Morgan fingerprint density at radius 3 is 2.56 bits per heavy atom. The summed E-state index contributed by atoms with van der Waals surface area (Å²) in [6, 6.07) is 4.59. The Morgan fingerprint density at radius 1 is 1.24 bits per heavy atom. The number of aliphatic hydroxyl groups is 1. The molecule has 2 aliphatic rings. The third-order valence-electron chi connectivity index (χ3n) is 5.27.